The molecule has 0 unspecified atom stereocenters. The van der Waals surface area contributed by atoms with Crippen molar-refractivity contribution in [3.8, 4) is 5.75 Å². The molecular formula is C15H19N3O3. The first-order chi connectivity index (χ1) is 10.1. The zero-order valence-corrected chi connectivity index (χ0v) is 12.2. The van der Waals surface area contributed by atoms with Crippen LogP contribution >= 0.6 is 0 Å². The molecule has 2 rings (SSSR count). The first-order valence-corrected chi connectivity index (χ1v) is 6.62. The summed E-state index contributed by atoms with van der Waals surface area (Å²) in [5, 5.41) is 13.0. The van der Waals surface area contributed by atoms with Gasteiger partial charge in [-0.25, -0.2) is 0 Å². The summed E-state index contributed by atoms with van der Waals surface area (Å²) in [6, 6.07) is 7.00. The Morgan fingerprint density at radius 1 is 1.33 bits per heavy atom. The summed E-state index contributed by atoms with van der Waals surface area (Å²) < 4.78 is 7.14. The van der Waals surface area contributed by atoms with Gasteiger partial charge in [-0.1, -0.05) is 12.1 Å². The van der Waals surface area contributed by atoms with E-state index in [0.717, 1.165) is 11.1 Å². The number of rotatable bonds is 6. The molecule has 1 heterocycles. The first kappa shape index (κ1) is 15.1. The van der Waals surface area contributed by atoms with Gasteiger partial charge in [0.25, 0.3) is 5.91 Å². The van der Waals surface area contributed by atoms with Crippen molar-refractivity contribution in [2.45, 2.75) is 13.2 Å². The van der Waals surface area contributed by atoms with Crippen LogP contribution in [0.5, 0.6) is 5.75 Å². The molecule has 0 saturated carbocycles. The topological polar surface area (TPSA) is 67.6 Å². The summed E-state index contributed by atoms with van der Waals surface area (Å²) in [5.74, 6) is 0.500. The van der Waals surface area contributed by atoms with Crippen molar-refractivity contribution in [1.82, 2.24) is 14.7 Å². The van der Waals surface area contributed by atoms with Crippen LogP contribution in [0.15, 0.2) is 36.7 Å². The zero-order chi connectivity index (χ0) is 15.2. The van der Waals surface area contributed by atoms with Crippen LogP contribution in [0.2, 0.25) is 0 Å². The molecule has 0 fully saturated rings. The highest BCUT2D eigenvalue weighted by atomic mass is 16.5. The third-order valence-corrected chi connectivity index (χ3v) is 3.07. The predicted molar refractivity (Wildman–Crippen MR) is 77.5 cm³/mol. The van der Waals surface area contributed by atoms with E-state index in [9.17, 15) is 4.79 Å². The molecule has 1 amide bonds. The molecule has 0 bridgehead atoms. The number of hydrogen-bond donors (Lipinski definition) is 1. The third kappa shape index (κ3) is 4.32. The number of aryl methyl sites for hydroxylation is 1. The molecular weight excluding hydrogens is 270 g/mol. The molecule has 1 aromatic carbocycles. The number of likely N-dealkylation sites (N-methyl/N-ethyl adjacent to an activating group) is 1. The second kappa shape index (κ2) is 6.90. The molecule has 0 atom stereocenters. The number of nitrogens with zero attached hydrogens (tertiary/aromatic N) is 3. The molecule has 0 aliphatic rings. The largest absolute Gasteiger partial charge is 0.484 e. The number of ether oxygens (including phenoxy) is 1. The van der Waals surface area contributed by atoms with Gasteiger partial charge in [0.15, 0.2) is 6.61 Å². The minimum absolute atomic E-state index is 0.00689. The van der Waals surface area contributed by atoms with Gasteiger partial charge in [-0.2, -0.15) is 5.10 Å². The fraction of sp³-hybridized carbons (Fsp3) is 0.333. The van der Waals surface area contributed by atoms with Crippen LogP contribution in [-0.4, -0.2) is 39.3 Å². The van der Waals surface area contributed by atoms with Crippen molar-refractivity contribution in [2.24, 2.45) is 7.05 Å². The summed E-state index contributed by atoms with van der Waals surface area (Å²) in [4.78, 5) is 13.6. The van der Waals surface area contributed by atoms with Gasteiger partial charge in [-0.05, 0) is 17.7 Å². The summed E-state index contributed by atoms with van der Waals surface area (Å²) in [6.07, 6.45) is 3.61. The van der Waals surface area contributed by atoms with E-state index in [1.807, 2.05) is 13.2 Å². The van der Waals surface area contributed by atoms with Crippen LogP contribution in [0.4, 0.5) is 0 Å². The number of aliphatic hydroxyl groups is 1. The Bertz CT molecular complexity index is 592. The molecule has 1 N–H and O–H groups in total. The first-order valence-electron chi connectivity index (χ1n) is 6.62. The predicted octanol–water partition coefficient (Wildman–Crippen LogP) is 0.950. The Hall–Kier alpha value is -2.34. The van der Waals surface area contributed by atoms with Gasteiger partial charge in [-0.15, -0.1) is 0 Å². The summed E-state index contributed by atoms with van der Waals surface area (Å²) >= 11 is 0. The lowest BCUT2D eigenvalue weighted by molar-refractivity contribution is -0.132. The van der Waals surface area contributed by atoms with E-state index >= 15 is 0 Å². The zero-order valence-electron chi connectivity index (χ0n) is 12.2. The van der Waals surface area contributed by atoms with E-state index in [0.29, 0.717) is 12.3 Å². The van der Waals surface area contributed by atoms with Gasteiger partial charge in [0.2, 0.25) is 0 Å². The van der Waals surface area contributed by atoms with Crippen LogP contribution in [0.25, 0.3) is 0 Å². The lowest BCUT2D eigenvalue weighted by Crippen LogP contribution is -2.30. The minimum Gasteiger partial charge on any atom is -0.484 e. The fourth-order valence-corrected chi connectivity index (χ4v) is 1.86. The van der Waals surface area contributed by atoms with Gasteiger partial charge >= 0.3 is 0 Å². The molecule has 112 valence electrons. The van der Waals surface area contributed by atoms with Crippen LogP contribution < -0.4 is 4.74 Å². The maximum absolute atomic E-state index is 12.0. The Kier molecular flexibility index (Phi) is 4.94. The molecule has 6 nitrogen and oxygen atoms in total. The monoisotopic (exact) mass is 289 g/mol. The van der Waals surface area contributed by atoms with Crippen molar-refractivity contribution in [3.05, 3.63) is 47.8 Å². The molecule has 6 heteroatoms. The maximum Gasteiger partial charge on any atom is 0.260 e. The highest BCUT2D eigenvalue weighted by molar-refractivity contribution is 5.77. The van der Waals surface area contributed by atoms with Gasteiger partial charge < -0.3 is 14.7 Å². The normalized spacial score (nSPS) is 10.4. The molecule has 0 spiro atoms. The molecule has 0 saturated heterocycles. The van der Waals surface area contributed by atoms with Gasteiger partial charge in [0.1, 0.15) is 5.75 Å². The molecule has 1 aromatic heterocycles. The molecule has 0 radical (unpaired) electrons. The summed E-state index contributed by atoms with van der Waals surface area (Å²) in [5.41, 5.74) is 1.78. The van der Waals surface area contributed by atoms with E-state index in [1.54, 1.807) is 47.1 Å². The maximum atomic E-state index is 12.0. The van der Waals surface area contributed by atoms with E-state index in [2.05, 4.69) is 5.10 Å². The van der Waals surface area contributed by atoms with Crippen molar-refractivity contribution in [3.63, 3.8) is 0 Å². The molecule has 21 heavy (non-hydrogen) atoms. The van der Waals surface area contributed by atoms with Gasteiger partial charge in [0, 0.05) is 32.4 Å². The van der Waals surface area contributed by atoms with E-state index in [1.165, 1.54) is 0 Å². The molecule has 0 aliphatic heterocycles. The SMILES string of the molecule is CN(Cc1cnn(C)c1)C(=O)COc1ccc(CO)cc1. The Labute approximate surface area is 123 Å². The van der Waals surface area contributed by atoms with E-state index in [4.69, 9.17) is 9.84 Å². The Balaban J connectivity index is 1.82. The second-order valence-electron chi connectivity index (χ2n) is 4.86. The van der Waals surface area contributed by atoms with Crippen molar-refractivity contribution >= 4 is 5.91 Å². The average molecular weight is 289 g/mol. The number of carbonyl (C=O) groups is 1. The second-order valence-corrected chi connectivity index (χ2v) is 4.86. The Morgan fingerprint density at radius 3 is 2.62 bits per heavy atom. The van der Waals surface area contributed by atoms with E-state index in [-0.39, 0.29) is 19.1 Å². The van der Waals surface area contributed by atoms with E-state index < -0.39 is 0 Å². The number of benzene rings is 1. The van der Waals surface area contributed by atoms with Crippen LogP contribution in [0, 0.1) is 0 Å². The fourth-order valence-electron chi connectivity index (χ4n) is 1.86. The number of aromatic nitrogens is 2. The van der Waals surface area contributed by atoms with Crippen molar-refractivity contribution < 1.29 is 14.6 Å². The summed E-state index contributed by atoms with van der Waals surface area (Å²) in [7, 11) is 3.57. The Morgan fingerprint density at radius 2 is 2.05 bits per heavy atom. The smallest absolute Gasteiger partial charge is 0.260 e. The number of hydrogen-bond acceptors (Lipinski definition) is 4. The average Bonchev–Trinajstić information content (AvgIpc) is 2.90. The number of carbonyl (C=O) groups excluding carboxylic acids is 1. The van der Waals surface area contributed by atoms with Gasteiger partial charge in [0.05, 0.1) is 12.8 Å². The van der Waals surface area contributed by atoms with Crippen LogP contribution in [0.1, 0.15) is 11.1 Å². The number of amides is 1. The third-order valence-electron chi connectivity index (χ3n) is 3.07. The van der Waals surface area contributed by atoms with Crippen LogP contribution in [-0.2, 0) is 25.0 Å². The minimum atomic E-state index is -0.106. The van der Waals surface area contributed by atoms with Gasteiger partial charge in [-0.3, -0.25) is 9.48 Å². The van der Waals surface area contributed by atoms with Crippen LogP contribution in [0.3, 0.4) is 0 Å². The lowest BCUT2D eigenvalue weighted by Gasteiger charge is -2.16. The highest BCUT2D eigenvalue weighted by Crippen LogP contribution is 2.12. The summed E-state index contributed by atoms with van der Waals surface area (Å²) in [6.45, 7) is 0.474. The quantitative estimate of drug-likeness (QED) is 0.860. The highest BCUT2D eigenvalue weighted by Gasteiger charge is 2.11. The van der Waals surface area contributed by atoms with Crippen molar-refractivity contribution in [2.75, 3.05) is 13.7 Å². The lowest BCUT2D eigenvalue weighted by atomic mass is 10.2. The standard InChI is InChI=1S/C15H19N3O3/c1-17(8-13-7-16-18(2)9-13)15(20)11-21-14-5-3-12(10-19)4-6-14/h3-7,9,19H,8,10-11H2,1-2H3. The molecule has 2 aromatic rings. The molecule has 0 aliphatic carbocycles. The number of aliphatic hydroxyl groups excluding tert-OH is 1. The van der Waals surface area contributed by atoms with Crippen molar-refractivity contribution in [1.29, 1.82) is 0 Å².